The Morgan fingerprint density at radius 3 is 2.73 bits per heavy atom. The van der Waals surface area contributed by atoms with Crippen LogP contribution in [0.3, 0.4) is 0 Å². The Balaban J connectivity index is 3.53. The smallest absolute Gasteiger partial charge is 0.305 e. The van der Waals surface area contributed by atoms with Crippen molar-refractivity contribution < 1.29 is 9.53 Å². The first-order chi connectivity index (χ1) is 7.06. The number of esters is 1. The summed E-state index contributed by atoms with van der Waals surface area (Å²) in [4.78, 5) is 10.9. The standard InChI is InChI=1S/C13H22O2/c1-5-13(14)15-10-12(4)9-7-6-8-11(2)3/h6,8,12H,2,5,7,9-10H2,1,3-4H3/b8-6+. The molecule has 0 N–H and O–H groups in total. The Morgan fingerprint density at radius 1 is 1.53 bits per heavy atom. The molecule has 0 aliphatic carbocycles. The summed E-state index contributed by atoms with van der Waals surface area (Å²) in [5.41, 5.74) is 1.07. The maximum Gasteiger partial charge on any atom is 0.305 e. The van der Waals surface area contributed by atoms with Crippen LogP contribution in [0.4, 0.5) is 0 Å². The van der Waals surface area contributed by atoms with Gasteiger partial charge in [0.1, 0.15) is 0 Å². The molecule has 0 radical (unpaired) electrons. The first-order valence-corrected chi connectivity index (χ1v) is 5.54. The third kappa shape index (κ3) is 9.26. The summed E-state index contributed by atoms with van der Waals surface area (Å²) in [5, 5.41) is 0. The minimum absolute atomic E-state index is 0.112. The molecule has 1 unspecified atom stereocenters. The zero-order valence-corrected chi connectivity index (χ0v) is 10.1. The van der Waals surface area contributed by atoms with Crippen LogP contribution in [-0.2, 0) is 9.53 Å². The lowest BCUT2D eigenvalue weighted by atomic mass is 10.1. The molecule has 15 heavy (non-hydrogen) atoms. The molecule has 0 fully saturated rings. The minimum Gasteiger partial charge on any atom is -0.465 e. The summed E-state index contributed by atoms with van der Waals surface area (Å²) in [6, 6.07) is 0. The second kappa shape index (κ2) is 8.27. The SMILES string of the molecule is C=C(C)/C=C/CCC(C)COC(=O)CC. The fourth-order valence-corrected chi connectivity index (χ4v) is 1.09. The van der Waals surface area contributed by atoms with Gasteiger partial charge in [0.2, 0.25) is 0 Å². The van der Waals surface area contributed by atoms with Crippen LogP contribution in [0.2, 0.25) is 0 Å². The molecular formula is C13H22O2. The molecule has 0 amide bonds. The highest BCUT2D eigenvalue weighted by Gasteiger charge is 2.04. The second-order valence-electron chi connectivity index (χ2n) is 3.97. The molecule has 1 atom stereocenters. The van der Waals surface area contributed by atoms with Gasteiger partial charge in [0.05, 0.1) is 6.61 Å². The predicted molar refractivity (Wildman–Crippen MR) is 63.6 cm³/mol. The molecule has 0 aliphatic rings. The van der Waals surface area contributed by atoms with Crippen LogP contribution in [-0.4, -0.2) is 12.6 Å². The van der Waals surface area contributed by atoms with Crippen molar-refractivity contribution in [1.82, 2.24) is 0 Å². The number of ether oxygens (including phenoxy) is 1. The number of hydrogen-bond donors (Lipinski definition) is 0. The van der Waals surface area contributed by atoms with E-state index in [1.165, 1.54) is 0 Å². The molecular weight excluding hydrogens is 188 g/mol. The second-order valence-corrected chi connectivity index (χ2v) is 3.97. The van der Waals surface area contributed by atoms with Gasteiger partial charge in [-0.2, -0.15) is 0 Å². The summed E-state index contributed by atoms with van der Waals surface area (Å²) in [6.45, 7) is 10.2. The van der Waals surface area contributed by atoms with Crippen molar-refractivity contribution in [2.24, 2.45) is 5.92 Å². The molecule has 0 saturated carbocycles. The van der Waals surface area contributed by atoms with E-state index < -0.39 is 0 Å². The van der Waals surface area contributed by atoms with Gasteiger partial charge in [0.15, 0.2) is 0 Å². The van der Waals surface area contributed by atoms with Crippen molar-refractivity contribution in [2.45, 2.75) is 40.0 Å². The van der Waals surface area contributed by atoms with Crippen molar-refractivity contribution in [3.8, 4) is 0 Å². The highest BCUT2D eigenvalue weighted by Crippen LogP contribution is 2.07. The molecule has 0 aromatic carbocycles. The average molecular weight is 210 g/mol. The summed E-state index contributed by atoms with van der Waals surface area (Å²) < 4.78 is 5.05. The summed E-state index contributed by atoms with van der Waals surface area (Å²) in [7, 11) is 0. The van der Waals surface area contributed by atoms with Crippen LogP contribution in [0.1, 0.15) is 40.0 Å². The lowest BCUT2D eigenvalue weighted by Crippen LogP contribution is -2.10. The number of carbonyl (C=O) groups excluding carboxylic acids is 1. The van der Waals surface area contributed by atoms with Gasteiger partial charge in [-0.3, -0.25) is 4.79 Å². The zero-order chi connectivity index (χ0) is 11.7. The van der Waals surface area contributed by atoms with Crippen LogP contribution < -0.4 is 0 Å². The first-order valence-electron chi connectivity index (χ1n) is 5.54. The highest BCUT2D eigenvalue weighted by molar-refractivity contribution is 5.68. The van der Waals surface area contributed by atoms with Crippen molar-refractivity contribution in [3.63, 3.8) is 0 Å². The van der Waals surface area contributed by atoms with E-state index in [0.717, 1.165) is 18.4 Å². The van der Waals surface area contributed by atoms with Gasteiger partial charge in [-0.25, -0.2) is 0 Å². The number of carbonyl (C=O) groups is 1. The van der Waals surface area contributed by atoms with Crippen LogP contribution in [0, 0.1) is 5.92 Å². The molecule has 0 aliphatic heterocycles. The highest BCUT2D eigenvalue weighted by atomic mass is 16.5. The van der Waals surface area contributed by atoms with Gasteiger partial charge in [-0.1, -0.05) is 38.2 Å². The van der Waals surface area contributed by atoms with Crippen LogP contribution in [0.5, 0.6) is 0 Å². The van der Waals surface area contributed by atoms with Crippen LogP contribution >= 0.6 is 0 Å². The molecule has 0 bridgehead atoms. The topological polar surface area (TPSA) is 26.3 Å². The molecule has 2 heteroatoms. The fraction of sp³-hybridized carbons (Fsp3) is 0.615. The molecule has 0 aromatic rings. The van der Waals surface area contributed by atoms with E-state index in [1.807, 2.05) is 19.9 Å². The molecule has 2 nitrogen and oxygen atoms in total. The van der Waals surface area contributed by atoms with Crippen LogP contribution in [0.15, 0.2) is 24.3 Å². The Labute approximate surface area is 93.0 Å². The Morgan fingerprint density at radius 2 is 2.20 bits per heavy atom. The van der Waals surface area contributed by atoms with E-state index in [-0.39, 0.29) is 5.97 Å². The van der Waals surface area contributed by atoms with Crippen molar-refractivity contribution in [1.29, 1.82) is 0 Å². The van der Waals surface area contributed by atoms with Gasteiger partial charge >= 0.3 is 5.97 Å². The molecule has 0 spiro atoms. The molecule has 0 aromatic heterocycles. The maximum absolute atomic E-state index is 10.9. The van der Waals surface area contributed by atoms with Crippen molar-refractivity contribution in [2.75, 3.05) is 6.61 Å². The monoisotopic (exact) mass is 210 g/mol. The van der Waals surface area contributed by atoms with Gasteiger partial charge in [0.25, 0.3) is 0 Å². The van der Waals surface area contributed by atoms with Gasteiger partial charge < -0.3 is 4.74 Å². The third-order valence-corrected chi connectivity index (χ3v) is 2.05. The van der Waals surface area contributed by atoms with Gasteiger partial charge in [0, 0.05) is 6.42 Å². The average Bonchev–Trinajstić information content (AvgIpc) is 2.20. The summed E-state index contributed by atoms with van der Waals surface area (Å²) in [6.07, 6.45) is 6.64. The number of rotatable bonds is 7. The minimum atomic E-state index is -0.112. The molecule has 0 heterocycles. The van der Waals surface area contributed by atoms with Crippen molar-refractivity contribution >= 4 is 5.97 Å². The largest absolute Gasteiger partial charge is 0.465 e. The lowest BCUT2D eigenvalue weighted by molar-refractivity contribution is -0.144. The maximum atomic E-state index is 10.9. The van der Waals surface area contributed by atoms with Gasteiger partial charge in [-0.05, 0) is 25.7 Å². The van der Waals surface area contributed by atoms with E-state index in [9.17, 15) is 4.79 Å². The summed E-state index contributed by atoms with van der Waals surface area (Å²) in [5.74, 6) is 0.314. The normalized spacial score (nSPS) is 12.7. The quantitative estimate of drug-likeness (QED) is 0.475. The Hall–Kier alpha value is -1.05. The van der Waals surface area contributed by atoms with E-state index in [1.54, 1.807) is 0 Å². The van der Waals surface area contributed by atoms with E-state index >= 15 is 0 Å². The molecule has 0 saturated heterocycles. The Kier molecular flexibility index (Phi) is 7.69. The van der Waals surface area contributed by atoms with E-state index in [0.29, 0.717) is 18.9 Å². The lowest BCUT2D eigenvalue weighted by Gasteiger charge is -2.09. The summed E-state index contributed by atoms with van der Waals surface area (Å²) >= 11 is 0. The first kappa shape index (κ1) is 13.9. The van der Waals surface area contributed by atoms with Crippen LogP contribution in [0.25, 0.3) is 0 Å². The predicted octanol–water partition coefficient (Wildman–Crippen LogP) is 3.49. The zero-order valence-electron chi connectivity index (χ0n) is 10.1. The fourth-order valence-electron chi connectivity index (χ4n) is 1.09. The van der Waals surface area contributed by atoms with Crippen molar-refractivity contribution in [3.05, 3.63) is 24.3 Å². The van der Waals surface area contributed by atoms with E-state index in [4.69, 9.17) is 4.74 Å². The molecule has 86 valence electrons. The Bertz CT molecular complexity index is 229. The third-order valence-electron chi connectivity index (χ3n) is 2.05. The van der Waals surface area contributed by atoms with E-state index in [2.05, 4.69) is 19.6 Å². The number of hydrogen-bond acceptors (Lipinski definition) is 2. The van der Waals surface area contributed by atoms with Gasteiger partial charge in [-0.15, -0.1) is 0 Å². The molecule has 0 rings (SSSR count). The number of allylic oxidation sites excluding steroid dienone is 3.